The van der Waals surface area contributed by atoms with Crippen LogP contribution in [0, 0.1) is 0 Å². The van der Waals surface area contributed by atoms with Crippen molar-refractivity contribution in [1.82, 2.24) is 0 Å². The summed E-state index contributed by atoms with van der Waals surface area (Å²) in [6, 6.07) is 30.8. The highest BCUT2D eigenvalue weighted by atomic mass is 16.2. The van der Waals surface area contributed by atoms with E-state index in [1.165, 1.54) is 49.5 Å². The van der Waals surface area contributed by atoms with E-state index in [0.29, 0.717) is 16.7 Å². The van der Waals surface area contributed by atoms with Crippen molar-refractivity contribution in [2.75, 3.05) is 0 Å². The predicted molar refractivity (Wildman–Crippen MR) is 217 cm³/mol. The molecule has 0 bridgehead atoms. The molecule has 0 spiro atoms. The van der Waals surface area contributed by atoms with E-state index in [1.54, 1.807) is 0 Å². The maximum Gasteiger partial charge on any atom is 0.234 e. The molecule has 0 saturated carbocycles. The van der Waals surface area contributed by atoms with Crippen molar-refractivity contribution in [2.24, 2.45) is 0 Å². The summed E-state index contributed by atoms with van der Waals surface area (Å²) in [6.45, 7) is 24.6. The Kier molecular flexibility index (Phi) is 6.88. The van der Waals surface area contributed by atoms with Gasteiger partial charge in [0.2, 0.25) is 10.9 Å². The zero-order valence-electron chi connectivity index (χ0n) is 30.7. The highest BCUT2D eigenvalue weighted by molar-refractivity contribution is 6.42. The van der Waals surface area contributed by atoms with Crippen molar-refractivity contribution in [1.29, 1.82) is 0 Å². The molecule has 0 saturated heterocycles. The third-order valence-electron chi connectivity index (χ3n) is 11.0. The van der Waals surface area contributed by atoms with Crippen LogP contribution in [0.3, 0.4) is 0 Å². The maximum atomic E-state index is 13.3. The van der Waals surface area contributed by atoms with E-state index < -0.39 is 10.9 Å². The molecule has 0 aliphatic carbocycles. The van der Waals surface area contributed by atoms with Crippen LogP contribution < -0.4 is 10.9 Å². The van der Waals surface area contributed by atoms with Gasteiger partial charge in [0.15, 0.2) is 0 Å². The van der Waals surface area contributed by atoms with Crippen molar-refractivity contribution >= 4 is 59.4 Å². The third kappa shape index (κ3) is 4.61. The van der Waals surface area contributed by atoms with Gasteiger partial charge in [0.05, 0.1) is 0 Å². The molecule has 0 atom stereocenters. The lowest BCUT2D eigenvalue weighted by atomic mass is 9.77. The SMILES string of the molecule is C=C(C)c1cc(-c2c3ccccc3c(-c3cc(C(C)(C)C)cc(C(C)(C)C)c3)c3c4ccc5c(=O)c(=O)c6ccc(c23)c4c65)cc(C(C)C)c1. The first-order chi connectivity index (χ1) is 23.6. The van der Waals surface area contributed by atoms with Gasteiger partial charge in [-0.05, 0) is 124 Å². The lowest BCUT2D eigenvalue weighted by Gasteiger charge is -2.27. The molecule has 0 aromatic heterocycles. The molecule has 0 aliphatic rings. The molecule has 8 aromatic rings. The lowest BCUT2D eigenvalue weighted by Crippen LogP contribution is -2.16. The Labute approximate surface area is 294 Å². The zero-order valence-corrected chi connectivity index (χ0v) is 30.7. The van der Waals surface area contributed by atoms with Crippen LogP contribution in [0.2, 0.25) is 0 Å². The van der Waals surface area contributed by atoms with Gasteiger partial charge in [-0.3, -0.25) is 9.59 Å². The van der Waals surface area contributed by atoms with Crippen LogP contribution in [0.4, 0.5) is 0 Å². The van der Waals surface area contributed by atoms with Crippen molar-refractivity contribution in [3.63, 3.8) is 0 Å². The molecule has 2 nitrogen and oxygen atoms in total. The third-order valence-corrected chi connectivity index (χ3v) is 11.0. The molecule has 0 amide bonds. The van der Waals surface area contributed by atoms with Crippen LogP contribution in [0.1, 0.15) is 90.5 Å². The second-order valence-corrected chi connectivity index (χ2v) is 16.9. The van der Waals surface area contributed by atoms with Crippen molar-refractivity contribution in [3.05, 3.63) is 134 Å². The maximum absolute atomic E-state index is 13.3. The van der Waals surface area contributed by atoms with Crippen LogP contribution in [-0.2, 0) is 10.8 Å². The topological polar surface area (TPSA) is 34.1 Å². The minimum absolute atomic E-state index is 0.0581. The second-order valence-electron chi connectivity index (χ2n) is 16.9. The zero-order chi connectivity index (χ0) is 35.6. The number of benzene rings is 6. The van der Waals surface area contributed by atoms with Gasteiger partial charge in [-0.1, -0.05) is 134 Å². The summed E-state index contributed by atoms with van der Waals surface area (Å²) < 4.78 is 0. The normalized spacial score (nSPS) is 12.9. The molecule has 0 unspecified atom stereocenters. The van der Waals surface area contributed by atoms with Crippen molar-refractivity contribution in [2.45, 2.75) is 79.1 Å². The summed E-state index contributed by atoms with van der Waals surface area (Å²) in [6.07, 6.45) is 0. The van der Waals surface area contributed by atoms with Gasteiger partial charge in [0, 0.05) is 16.2 Å². The molecule has 2 heteroatoms. The average molecular weight is 653 g/mol. The molecule has 0 radical (unpaired) electrons. The van der Waals surface area contributed by atoms with Gasteiger partial charge in [-0.2, -0.15) is 0 Å². The molecule has 0 heterocycles. The molecule has 8 rings (SSSR count). The van der Waals surface area contributed by atoms with E-state index in [-0.39, 0.29) is 10.8 Å². The van der Waals surface area contributed by atoms with E-state index in [2.05, 4.69) is 142 Å². The fourth-order valence-electron chi connectivity index (χ4n) is 8.13. The highest BCUT2D eigenvalue weighted by Crippen LogP contribution is 2.53. The largest absolute Gasteiger partial charge is 0.285 e. The van der Waals surface area contributed by atoms with Crippen LogP contribution in [-0.4, -0.2) is 0 Å². The Hall–Kier alpha value is -5.08. The van der Waals surface area contributed by atoms with Crippen molar-refractivity contribution in [3.8, 4) is 22.3 Å². The van der Waals surface area contributed by atoms with Crippen LogP contribution in [0.25, 0.3) is 81.7 Å². The summed E-state index contributed by atoms with van der Waals surface area (Å²) in [7, 11) is 0. The molecule has 0 aliphatic heterocycles. The Morgan fingerprint density at radius 3 is 1.42 bits per heavy atom. The van der Waals surface area contributed by atoms with Crippen molar-refractivity contribution < 1.29 is 0 Å². The number of rotatable bonds is 4. The fraction of sp³-hybridized carbons (Fsp3) is 0.250. The first-order valence-corrected chi connectivity index (χ1v) is 17.8. The van der Waals surface area contributed by atoms with Gasteiger partial charge < -0.3 is 0 Å². The summed E-state index contributed by atoms with van der Waals surface area (Å²) in [4.78, 5) is 26.5. The summed E-state index contributed by atoms with van der Waals surface area (Å²) in [5.41, 5.74) is 9.80. The van der Waals surface area contributed by atoms with E-state index in [0.717, 1.165) is 43.6 Å². The van der Waals surface area contributed by atoms with E-state index in [4.69, 9.17) is 0 Å². The van der Waals surface area contributed by atoms with Gasteiger partial charge in [0.25, 0.3) is 0 Å². The molecular weight excluding hydrogens is 609 g/mol. The van der Waals surface area contributed by atoms with E-state index in [9.17, 15) is 9.59 Å². The number of hydrogen-bond acceptors (Lipinski definition) is 2. The first kappa shape index (κ1) is 32.1. The smallest absolute Gasteiger partial charge is 0.234 e. The Balaban J connectivity index is 1.68. The van der Waals surface area contributed by atoms with E-state index >= 15 is 0 Å². The molecule has 248 valence electrons. The Morgan fingerprint density at radius 1 is 0.540 bits per heavy atom. The number of fused-ring (bicyclic) bond motifs is 4. The monoisotopic (exact) mass is 652 g/mol. The van der Waals surface area contributed by atoms with Gasteiger partial charge in [-0.25, -0.2) is 0 Å². The molecule has 0 N–H and O–H groups in total. The predicted octanol–water partition coefficient (Wildman–Crippen LogP) is 12.6. The summed E-state index contributed by atoms with van der Waals surface area (Å²) in [5.74, 6) is 0.333. The minimum Gasteiger partial charge on any atom is -0.285 e. The highest BCUT2D eigenvalue weighted by Gasteiger charge is 2.28. The average Bonchev–Trinajstić information content (AvgIpc) is 3.52. The van der Waals surface area contributed by atoms with Gasteiger partial charge in [0.1, 0.15) is 0 Å². The lowest BCUT2D eigenvalue weighted by molar-refractivity contribution is 0.569. The molecule has 0 fully saturated rings. The first-order valence-electron chi connectivity index (χ1n) is 17.8. The number of hydrogen-bond donors (Lipinski definition) is 0. The quantitative estimate of drug-likeness (QED) is 0.177. The standard InChI is InChI=1S/C48H44O2/c1-25(2)27-19-28(26(3)4)21-29(20-27)39-33-13-11-12-14-34(33)40(30-22-31(47(5,6)7)24-32(23-30)48(8,9)10)44-36-16-18-38-42-37(45(49)46(38)50)17-15-35(41(36)42)43(39)44/h11-24,26H,1H2,2-10H3. The minimum atomic E-state index is -0.409. The summed E-state index contributed by atoms with van der Waals surface area (Å²) in [5, 5.41) is 9.70. The molecule has 8 aromatic carbocycles. The van der Waals surface area contributed by atoms with Crippen LogP contribution in [0.5, 0.6) is 0 Å². The van der Waals surface area contributed by atoms with Gasteiger partial charge in [-0.15, -0.1) is 0 Å². The Bertz CT molecular complexity index is 2740. The number of allylic oxidation sites excluding steroid dienone is 1. The fourth-order valence-corrected chi connectivity index (χ4v) is 8.13. The van der Waals surface area contributed by atoms with E-state index in [1.807, 2.05) is 12.1 Å². The summed E-state index contributed by atoms with van der Waals surface area (Å²) >= 11 is 0. The van der Waals surface area contributed by atoms with Gasteiger partial charge >= 0.3 is 0 Å². The molecular formula is C48H44O2. The van der Waals surface area contributed by atoms with Crippen LogP contribution in [0.15, 0.2) is 101 Å². The Morgan fingerprint density at radius 2 is 0.980 bits per heavy atom. The van der Waals surface area contributed by atoms with Crippen LogP contribution >= 0.6 is 0 Å². The molecule has 50 heavy (non-hydrogen) atoms. The second kappa shape index (κ2) is 10.7.